The molecule has 4 heteroatoms. The Labute approximate surface area is 174 Å². The molecule has 0 unspecified atom stereocenters. The first kappa shape index (κ1) is 21.4. The molecule has 0 saturated carbocycles. The first-order valence-corrected chi connectivity index (χ1v) is 10.4. The lowest BCUT2D eigenvalue weighted by Crippen LogP contribution is -2.36. The van der Waals surface area contributed by atoms with E-state index >= 15 is 0 Å². The van der Waals surface area contributed by atoms with Crippen LogP contribution in [0, 0.1) is 5.92 Å². The van der Waals surface area contributed by atoms with E-state index in [1.54, 1.807) is 14.2 Å². The van der Waals surface area contributed by atoms with Gasteiger partial charge in [-0.05, 0) is 92.5 Å². The Morgan fingerprint density at radius 2 is 1.66 bits per heavy atom. The fourth-order valence-electron chi connectivity index (χ4n) is 4.22. The molecule has 0 aromatic heterocycles. The molecule has 0 bridgehead atoms. The van der Waals surface area contributed by atoms with E-state index in [-0.39, 0.29) is 5.60 Å². The van der Waals surface area contributed by atoms with Gasteiger partial charge >= 0.3 is 0 Å². The summed E-state index contributed by atoms with van der Waals surface area (Å²) in [5.41, 5.74) is 2.41. The maximum absolute atomic E-state index is 5.96. The number of rotatable bonds is 8. The van der Waals surface area contributed by atoms with Gasteiger partial charge in [-0.2, -0.15) is 0 Å². The Morgan fingerprint density at radius 3 is 2.24 bits per heavy atom. The third-order valence-electron chi connectivity index (χ3n) is 5.77. The van der Waals surface area contributed by atoms with Crippen LogP contribution in [0.25, 0.3) is 0 Å². The van der Waals surface area contributed by atoms with Crippen molar-refractivity contribution in [3.8, 4) is 11.5 Å². The average Bonchev–Trinajstić information content (AvgIpc) is 2.73. The van der Waals surface area contributed by atoms with Crippen LogP contribution in [0.2, 0.25) is 0 Å². The highest BCUT2D eigenvalue weighted by atomic mass is 16.5. The Morgan fingerprint density at radius 1 is 1.03 bits per heavy atom. The molecule has 29 heavy (non-hydrogen) atoms. The molecule has 0 N–H and O–H groups in total. The number of benzene rings is 2. The van der Waals surface area contributed by atoms with Crippen molar-refractivity contribution in [2.45, 2.75) is 44.6 Å². The maximum Gasteiger partial charge on any atom is 0.118 e. The van der Waals surface area contributed by atoms with Crippen LogP contribution in [-0.2, 0) is 4.74 Å². The van der Waals surface area contributed by atoms with Crippen LogP contribution in [0.3, 0.4) is 0 Å². The van der Waals surface area contributed by atoms with Crippen molar-refractivity contribution in [1.29, 1.82) is 0 Å². The Balaban J connectivity index is 1.69. The highest BCUT2D eigenvalue weighted by molar-refractivity contribution is 5.79. The maximum atomic E-state index is 5.96. The van der Waals surface area contributed by atoms with Crippen LogP contribution in [0.5, 0.6) is 11.5 Å². The third-order valence-corrected chi connectivity index (χ3v) is 5.77. The minimum atomic E-state index is -0.0556. The van der Waals surface area contributed by atoms with Gasteiger partial charge in [0, 0.05) is 19.4 Å². The first-order chi connectivity index (χ1) is 14.0. The molecule has 0 radical (unpaired) electrons. The SMILES string of the molecule is COc1ccc(C=NCC[C@H](c2ccc(OC)cc2)[C@@H]2CCOC(C)(C)C2)cc1. The summed E-state index contributed by atoms with van der Waals surface area (Å²) >= 11 is 0. The predicted octanol–water partition coefficient (Wildman–Crippen LogP) is 5.50. The summed E-state index contributed by atoms with van der Waals surface area (Å²) in [6.07, 6.45) is 5.16. The van der Waals surface area contributed by atoms with E-state index in [9.17, 15) is 0 Å². The molecule has 3 rings (SSSR count). The van der Waals surface area contributed by atoms with Crippen molar-refractivity contribution in [2.75, 3.05) is 27.4 Å². The number of ether oxygens (including phenoxy) is 3. The molecule has 1 saturated heterocycles. The highest BCUT2D eigenvalue weighted by Gasteiger charge is 2.33. The number of aliphatic imine (C=N–C) groups is 1. The van der Waals surface area contributed by atoms with Gasteiger partial charge in [-0.3, -0.25) is 4.99 Å². The summed E-state index contributed by atoms with van der Waals surface area (Å²) in [6, 6.07) is 16.5. The van der Waals surface area contributed by atoms with Gasteiger partial charge in [-0.25, -0.2) is 0 Å². The lowest BCUT2D eigenvalue weighted by Gasteiger charge is -2.39. The van der Waals surface area contributed by atoms with Gasteiger partial charge in [0.15, 0.2) is 0 Å². The second-order valence-corrected chi connectivity index (χ2v) is 8.34. The van der Waals surface area contributed by atoms with E-state index in [4.69, 9.17) is 19.2 Å². The lowest BCUT2D eigenvalue weighted by molar-refractivity contribution is -0.0771. The summed E-state index contributed by atoms with van der Waals surface area (Å²) in [5, 5.41) is 0. The van der Waals surface area contributed by atoms with Crippen LogP contribution < -0.4 is 9.47 Å². The van der Waals surface area contributed by atoms with Crippen molar-refractivity contribution < 1.29 is 14.2 Å². The molecule has 2 aromatic carbocycles. The van der Waals surface area contributed by atoms with Crippen molar-refractivity contribution in [2.24, 2.45) is 10.9 Å². The van der Waals surface area contributed by atoms with E-state index in [2.05, 4.69) is 38.1 Å². The summed E-state index contributed by atoms with van der Waals surface area (Å²) in [4.78, 5) is 4.71. The molecule has 0 aliphatic carbocycles. The van der Waals surface area contributed by atoms with Crippen LogP contribution in [-0.4, -0.2) is 39.2 Å². The van der Waals surface area contributed by atoms with Crippen molar-refractivity contribution in [1.82, 2.24) is 0 Å². The number of methoxy groups -OCH3 is 2. The van der Waals surface area contributed by atoms with Crippen molar-refractivity contribution >= 4 is 6.21 Å². The Hall–Kier alpha value is -2.33. The van der Waals surface area contributed by atoms with E-state index in [0.29, 0.717) is 11.8 Å². The van der Waals surface area contributed by atoms with Gasteiger partial charge < -0.3 is 14.2 Å². The zero-order valence-electron chi connectivity index (χ0n) is 18.1. The smallest absolute Gasteiger partial charge is 0.118 e. The molecule has 1 aliphatic rings. The fraction of sp³-hybridized carbons (Fsp3) is 0.480. The average molecular weight is 396 g/mol. The molecular formula is C25H33NO3. The zero-order chi connectivity index (χ0) is 20.7. The molecule has 2 aromatic rings. The largest absolute Gasteiger partial charge is 0.497 e. The quantitative estimate of drug-likeness (QED) is 0.554. The van der Waals surface area contributed by atoms with E-state index in [1.807, 2.05) is 30.5 Å². The molecular weight excluding hydrogens is 362 g/mol. The fourth-order valence-corrected chi connectivity index (χ4v) is 4.22. The molecule has 0 amide bonds. The lowest BCUT2D eigenvalue weighted by atomic mass is 9.75. The molecule has 1 aliphatic heterocycles. The highest BCUT2D eigenvalue weighted by Crippen LogP contribution is 2.40. The standard InChI is InChI=1S/C25H33NO3/c1-25(2)17-21(14-16-29-25)24(20-7-11-23(28-4)12-8-20)13-15-26-18-19-5-9-22(27-3)10-6-19/h5-12,18,21,24H,13-17H2,1-4H3/t21-,24-/m1/s1. The monoisotopic (exact) mass is 395 g/mol. The van der Waals surface area contributed by atoms with Crippen LogP contribution in [0.15, 0.2) is 53.5 Å². The minimum absolute atomic E-state index is 0.0556. The number of hydrogen-bond donors (Lipinski definition) is 0. The van der Waals surface area contributed by atoms with Crippen LogP contribution in [0.4, 0.5) is 0 Å². The Bertz CT molecular complexity index is 781. The van der Waals surface area contributed by atoms with Gasteiger partial charge in [-0.15, -0.1) is 0 Å². The number of hydrogen-bond acceptors (Lipinski definition) is 4. The molecule has 1 heterocycles. The molecule has 2 atom stereocenters. The number of nitrogens with zero attached hydrogens (tertiary/aromatic N) is 1. The van der Waals surface area contributed by atoms with Gasteiger partial charge in [0.2, 0.25) is 0 Å². The van der Waals surface area contributed by atoms with Crippen molar-refractivity contribution in [3.63, 3.8) is 0 Å². The molecule has 4 nitrogen and oxygen atoms in total. The normalized spacial score (nSPS) is 19.8. The molecule has 0 spiro atoms. The van der Waals surface area contributed by atoms with Gasteiger partial charge in [0.1, 0.15) is 11.5 Å². The van der Waals surface area contributed by atoms with Crippen LogP contribution in [0.1, 0.15) is 50.2 Å². The third kappa shape index (κ3) is 6.07. The summed E-state index contributed by atoms with van der Waals surface area (Å²) in [7, 11) is 3.39. The summed E-state index contributed by atoms with van der Waals surface area (Å²) in [5.74, 6) is 2.83. The van der Waals surface area contributed by atoms with E-state index in [0.717, 1.165) is 49.5 Å². The van der Waals surface area contributed by atoms with Crippen molar-refractivity contribution in [3.05, 3.63) is 59.7 Å². The minimum Gasteiger partial charge on any atom is -0.497 e. The van der Waals surface area contributed by atoms with Gasteiger partial charge in [0.25, 0.3) is 0 Å². The van der Waals surface area contributed by atoms with Gasteiger partial charge in [0.05, 0.1) is 19.8 Å². The molecule has 1 fully saturated rings. The topological polar surface area (TPSA) is 40.0 Å². The molecule has 156 valence electrons. The second kappa shape index (κ2) is 9.93. The van der Waals surface area contributed by atoms with E-state index in [1.165, 1.54) is 5.56 Å². The second-order valence-electron chi connectivity index (χ2n) is 8.34. The predicted molar refractivity (Wildman–Crippen MR) is 119 cm³/mol. The first-order valence-electron chi connectivity index (χ1n) is 10.4. The summed E-state index contributed by atoms with van der Waals surface area (Å²) in [6.45, 7) is 6.04. The zero-order valence-corrected chi connectivity index (χ0v) is 18.1. The Kier molecular flexibility index (Phi) is 7.32. The van der Waals surface area contributed by atoms with Gasteiger partial charge in [-0.1, -0.05) is 12.1 Å². The van der Waals surface area contributed by atoms with E-state index < -0.39 is 0 Å². The summed E-state index contributed by atoms with van der Waals surface area (Å²) < 4.78 is 16.5. The van der Waals surface area contributed by atoms with Crippen LogP contribution >= 0.6 is 0 Å².